The number of nitrogens with one attached hydrogen (secondary N) is 1. The van der Waals surface area contributed by atoms with Crippen molar-refractivity contribution in [2.45, 2.75) is 18.1 Å². The number of nitrogens with zero attached hydrogens (tertiary/aromatic N) is 5. The van der Waals surface area contributed by atoms with E-state index in [2.05, 4.69) is 22.1 Å². The Hall–Kier alpha value is -3.40. The van der Waals surface area contributed by atoms with Crippen LogP contribution in [-0.2, 0) is 24.8 Å². The van der Waals surface area contributed by atoms with Crippen molar-refractivity contribution < 1.29 is 9.72 Å². The van der Waals surface area contributed by atoms with E-state index in [9.17, 15) is 14.9 Å². The Morgan fingerprint density at radius 3 is 2.79 bits per heavy atom. The normalized spacial score (nSPS) is 10.7. The molecule has 0 aliphatic carbocycles. The number of amides is 1. The average molecular weight is 412 g/mol. The molecule has 29 heavy (non-hydrogen) atoms. The first-order valence-corrected chi connectivity index (χ1v) is 9.77. The minimum Gasteiger partial charge on any atom is -0.354 e. The van der Waals surface area contributed by atoms with E-state index < -0.39 is 4.92 Å². The summed E-state index contributed by atoms with van der Waals surface area (Å²) in [4.78, 5) is 22.8. The molecule has 0 aliphatic heterocycles. The zero-order valence-corrected chi connectivity index (χ0v) is 16.6. The zero-order chi connectivity index (χ0) is 20.8. The molecule has 0 atom stereocenters. The molecular weight excluding hydrogens is 392 g/mol. The van der Waals surface area contributed by atoms with Crippen molar-refractivity contribution in [3.8, 4) is 0 Å². The van der Waals surface area contributed by atoms with Gasteiger partial charge in [0.1, 0.15) is 11.5 Å². The first-order valence-electron chi connectivity index (χ1n) is 8.79. The number of nitro groups is 1. The average Bonchev–Trinajstić information content (AvgIpc) is 3.27. The smallest absolute Gasteiger partial charge is 0.292 e. The van der Waals surface area contributed by atoms with Gasteiger partial charge in [0.2, 0.25) is 5.91 Å². The molecule has 1 N–H and O–H groups in total. The third-order valence-corrected chi connectivity index (χ3v) is 5.17. The summed E-state index contributed by atoms with van der Waals surface area (Å²) in [6, 6.07) is 10.0. The number of aromatic nitrogens is 4. The van der Waals surface area contributed by atoms with Crippen LogP contribution < -0.4 is 5.32 Å². The Morgan fingerprint density at radius 2 is 2.10 bits per heavy atom. The molecule has 0 unspecified atom stereocenters. The lowest BCUT2D eigenvalue weighted by molar-refractivity contribution is -0.383. The molecule has 3 rings (SSSR count). The predicted molar refractivity (Wildman–Crippen MR) is 111 cm³/mol. The van der Waals surface area contributed by atoms with Gasteiger partial charge in [0.15, 0.2) is 5.16 Å². The molecule has 0 radical (unpaired) electrons. The Balaban J connectivity index is 1.69. The van der Waals surface area contributed by atoms with Gasteiger partial charge in [0.05, 0.1) is 10.7 Å². The molecule has 3 aromatic rings. The highest BCUT2D eigenvalue weighted by Gasteiger charge is 2.17. The summed E-state index contributed by atoms with van der Waals surface area (Å²) < 4.78 is 3.92. The lowest BCUT2D eigenvalue weighted by Gasteiger charge is -2.09. The largest absolute Gasteiger partial charge is 0.354 e. The van der Waals surface area contributed by atoms with Gasteiger partial charge in [0.25, 0.3) is 5.69 Å². The van der Waals surface area contributed by atoms with Gasteiger partial charge < -0.3 is 14.5 Å². The molecule has 1 aromatic carbocycles. The second kappa shape index (κ2) is 9.20. The Kier molecular flexibility index (Phi) is 6.45. The minimum atomic E-state index is -0.528. The quantitative estimate of drug-likeness (QED) is 0.250. The SMILES string of the molecule is C=CCn1c(Cc2cccn2C)nnc1SCC(=O)Nc1ccccc1[N+](=O)[O-]. The third-order valence-electron chi connectivity index (χ3n) is 4.20. The molecule has 0 saturated carbocycles. The molecule has 0 aliphatic rings. The molecule has 0 spiro atoms. The number of thioether (sulfide) groups is 1. The zero-order valence-electron chi connectivity index (χ0n) is 15.8. The van der Waals surface area contributed by atoms with Gasteiger partial charge in [-0.25, -0.2) is 0 Å². The lowest BCUT2D eigenvalue weighted by Crippen LogP contribution is -2.15. The molecule has 2 aromatic heterocycles. The van der Waals surface area contributed by atoms with E-state index in [1.54, 1.807) is 18.2 Å². The van der Waals surface area contributed by atoms with Crippen LogP contribution in [0.3, 0.4) is 0 Å². The van der Waals surface area contributed by atoms with E-state index >= 15 is 0 Å². The highest BCUT2D eigenvalue weighted by atomic mass is 32.2. The van der Waals surface area contributed by atoms with Crippen molar-refractivity contribution >= 4 is 29.0 Å². The van der Waals surface area contributed by atoms with Gasteiger partial charge in [-0.05, 0) is 18.2 Å². The highest BCUT2D eigenvalue weighted by molar-refractivity contribution is 7.99. The van der Waals surface area contributed by atoms with E-state index in [1.165, 1.54) is 23.9 Å². The molecule has 150 valence electrons. The van der Waals surface area contributed by atoms with E-state index in [0.29, 0.717) is 18.1 Å². The Morgan fingerprint density at radius 1 is 1.31 bits per heavy atom. The summed E-state index contributed by atoms with van der Waals surface area (Å²) in [5.41, 5.74) is 1.11. The third kappa shape index (κ3) is 4.91. The van der Waals surface area contributed by atoms with Crippen molar-refractivity contribution in [3.63, 3.8) is 0 Å². The number of carbonyl (C=O) groups excluding carboxylic acids is 1. The van der Waals surface area contributed by atoms with E-state index in [4.69, 9.17) is 0 Å². The topological polar surface area (TPSA) is 108 Å². The van der Waals surface area contributed by atoms with Gasteiger partial charge >= 0.3 is 0 Å². The number of hydrogen-bond donors (Lipinski definition) is 1. The number of aryl methyl sites for hydroxylation is 1. The first kappa shape index (κ1) is 20.3. The summed E-state index contributed by atoms with van der Waals surface area (Å²) in [7, 11) is 1.96. The van der Waals surface area contributed by atoms with E-state index in [0.717, 1.165) is 11.5 Å². The summed E-state index contributed by atoms with van der Waals surface area (Å²) in [5, 5.41) is 22.7. The monoisotopic (exact) mass is 412 g/mol. The fourth-order valence-electron chi connectivity index (χ4n) is 2.77. The van der Waals surface area contributed by atoms with Gasteiger partial charge in [-0.2, -0.15) is 0 Å². The molecule has 2 heterocycles. The van der Waals surface area contributed by atoms with Crippen molar-refractivity contribution in [2.24, 2.45) is 7.05 Å². The molecule has 1 amide bonds. The number of hydrogen-bond acceptors (Lipinski definition) is 6. The van der Waals surface area contributed by atoms with Crippen LogP contribution in [0.5, 0.6) is 0 Å². The van der Waals surface area contributed by atoms with Gasteiger partial charge in [-0.3, -0.25) is 14.9 Å². The number of anilines is 1. The first-order chi connectivity index (χ1) is 14.0. The van der Waals surface area contributed by atoms with Crippen LogP contribution in [0.25, 0.3) is 0 Å². The van der Waals surface area contributed by atoms with E-state index in [-0.39, 0.29) is 23.0 Å². The number of para-hydroxylation sites is 2. The summed E-state index contributed by atoms with van der Waals surface area (Å²) in [6.45, 7) is 4.29. The maximum Gasteiger partial charge on any atom is 0.292 e. The van der Waals surface area contributed by atoms with Crippen LogP contribution in [0.15, 0.2) is 60.4 Å². The minimum absolute atomic E-state index is 0.0471. The second-order valence-corrected chi connectivity index (χ2v) is 7.14. The van der Waals surface area contributed by atoms with Crippen LogP contribution in [0, 0.1) is 10.1 Å². The second-order valence-electron chi connectivity index (χ2n) is 6.20. The summed E-state index contributed by atoms with van der Waals surface area (Å²) >= 11 is 1.22. The van der Waals surface area contributed by atoms with E-state index in [1.807, 2.05) is 34.5 Å². The number of nitro benzene ring substituents is 1. The van der Waals surface area contributed by atoms with Crippen molar-refractivity contribution in [1.29, 1.82) is 0 Å². The molecule has 0 bridgehead atoms. The predicted octanol–water partition coefficient (Wildman–Crippen LogP) is 3.03. The fourth-order valence-corrected chi connectivity index (χ4v) is 3.53. The molecule has 9 nitrogen and oxygen atoms in total. The molecule has 10 heteroatoms. The van der Waals surface area contributed by atoms with Crippen LogP contribution in [-0.4, -0.2) is 35.9 Å². The van der Waals surface area contributed by atoms with Crippen LogP contribution in [0.2, 0.25) is 0 Å². The number of rotatable bonds is 9. The molecule has 0 fully saturated rings. The maximum absolute atomic E-state index is 12.3. The van der Waals surface area contributed by atoms with Gasteiger partial charge in [0, 0.05) is 38.0 Å². The number of benzene rings is 1. The molecule has 0 saturated heterocycles. The van der Waals surface area contributed by atoms with Gasteiger partial charge in [-0.1, -0.05) is 30.0 Å². The lowest BCUT2D eigenvalue weighted by atomic mass is 10.2. The highest BCUT2D eigenvalue weighted by Crippen LogP contribution is 2.24. The Labute approximate surface area is 171 Å². The van der Waals surface area contributed by atoms with Crippen molar-refractivity contribution in [2.75, 3.05) is 11.1 Å². The summed E-state index contributed by atoms with van der Waals surface area (Å²) in [5.74, 6) is 0.459. The van der Waals surface area contributed by atoms with Crippen LogP contribution in [0.1, 0.15) is 11.5 Å². The molecular formula is C19H20N6O3S. The van der Waals surface area contributed by atoms with Gasteiger partial charge in [-0.15, -0.1) is 16.8 Å². The van der Waals surface area contributed by atoms with Crippen LogP contribution >= 0.6 is 11.8 Å². The number of allylic oxidation sites excluding steroid dienone is 1. The van der Waals surface area contributed by atoms with Crippen molar-refractivity contribution in [1.82, 2.24) is 19.3 Å². The Bertz CT molecular complexity index is 1040. The van der Waals surface area contributed by atoms with Crippen molar-refractivity contribution in [3.05, 3.63) is 76.9 Å². The van der Waals surface area contributed by atoms with Crippen LogP contribution in [0.4, 0.5) is 11.4 Å². The number of carbonyl (C=O) groups is 1. The maximum atomic E-state index is 12.3. The standard InChI is InChI=1S/C19H20N6O3S/c1-3-10-24-17(12-14-7-6-11-23(14)2)21-22-19(24)29-13-18(26)20-15-8-4-5-9-16(15)25(27)28/h3-9,11H,1,10,12-13H2,2H3,(H,20,26). The fraction of sp³-hybridized carbons (Fsp3) is 0.211. The summed E-state index contributed by atoms with van der Waals surface area (Å²) in [6.07, 6.45) is 4.31.